The molecule has 0 spiro atoms. The Bertz CT molecular complexity index is 607. The molecule has 2 rings (SSSR count). The van der Waals surface area contributed by atoms with E-state index in [0.717, 1.165) is 24.3 Å². The van der Waals surface area contributed by atoms with Gasteiger partial charge in [0, 0.05) is 10.0 Å². The van der Waals surface area contributed by atoms with Gasteiger partial charge in [0.15, 0.2) is 11.6 Å². The minimum atomic E-state index is -1.25. The van der Waals surface area contributed by atoms with Gasteiger partial charge < -0.3 is 0 Å². The molecular weight excluding hydrogens is 347 g/mol. The normalized spacial score (nSPS) is 12.5. The minimum absolute atomic E-state index is 0.0701. The third kappa shape index (κ3) is 2.92. The Morgan fingerprint density at radius 3 is 1.95 bits per heavy atom. The third-order valence-electron chi connectivity index (χ3n) is 2.53. The SMILES string of the molecule is Fc1ccc(C(Cl)c2c(F)cc(Br)cc2F)cc1F. The second-order valence-electron chi connectivity index (χ2n) is 3.82. The zero-order valence-corrected chi connectivity index (χ0v) is 11.6. The number of hydrogen-bond donors (Lipinski definition) is 0. The first-order chi connectivity index (χ1) is 8.90. The predicted molar refractivity (Wildman–Crippen MR) is 68.1 cm³/mol. The fourth-order valence-corrected chi connectivity index (χ4v) is 2.38. The molecule has 0 nitrogen and oxygen atoms in total. The smallest absolute Gasteiger partial charge is 0.159 e. The predicted octanol–water partition coefficient (Wildman–Crippen LogP) is 5.33. The van der Waals surface area contributed by atoms with Crippen molar-refractivity contribution >= 4 is 27.5 Å². The molecule has 0 aliphatic carbocycles. The molecule has 0 fully saturated rings. The molecule has 19 heavy (non-hydrogen) atoms. The number of alkyl halides is 1. The van der Waals surface area contributed by atoms with Crippen LogP contribution in [0.2, 0.25) is 0 Å². The molecule has 1 atom stereocenters. The van der Waals surface area contributed by atoms with Gasteiger partial charge in [-0.2, -0.15) is 0 Å². The quantitative estimate of drug-likeness (QED) is 0.505. The number of halogens is 6. The lowest BCUT2D eigenvalue weighted by Crippen LogP contribution is -2.02. The lowest BCUT2D eigenvalue weighted by Gasteiger charge is -2.13. The standard InChI is InChI=1S/C13H6BrClF4/c14-7-4-10(18)12(11(19)5-7)13(15)6-1-2-8(16)9(17)3-6/h1-5,13H. The van der Waals surface area contributed by atoms with Crippen LogP contribution < -0.4 is 0 Å². The molecule has 6 heteroatoms. The molecule has 0 saturated carbocycles. The maximum Gasteiger partial charge on any atom is 0.159 e. The van der Waals surface area contributed by atoms with E-state index >= 15 is 0 Å². The molecule has 2 aromatic carbocycles. The maximum atomic E-state index is 13.7. The lowest BCUT2D eigenvalue weighted by atomic mass is 10.0. The average molecular weight is 354 g/mol. The van der Waals surface area contributed by atoms with Crippen LogP contribution in [0.3, 0.4) is 0 Å². The summed E-state index contributed by atoms with van der Waals surface area (Å²) in [7, 11) is 0. The third-order valence-corrected chi connectivity index (χ3v) is 3.46. The van der Waals surface area contributed by atoms with E-state index < -0.39 is 34.2 Å². The first-order valence-corrected chi connectivity index (χ1v) is 6.36. The monoisotopic (exact) mass is 352 g/mol. The molecule has 2 aromatic rings. The number of rotatable bonds is 2. The van der Waals surface area contributed by atoms with Crippen LogP contribution in [0, 0.1) is 23.3 Å². The van der Waals surface area contributed by atoms with Gasteiger partial charge in [-0.25, -0.2) is 17.6 Å². The molecule has 0 saturated heterocycles. The van der Waals surface area contributed by atoms with Crippen molar-refractivity contribution in [3.05, 3.63) is 69.2 Å². The van der Waals surface area contributed by atoms with Gasteiger partial charge in [-0.15, -0.1) is 11.6 Å². The molecule has 0 bridgehead atoms. The lowest BCUT2D eigenvalue weighted by molar-refractivity contribution is 0.506. The first-order valence-electron chi connectivity index (χ1n) is 5.13. The van der Waals surface area contributed by atoms with Gasteiger partial charge in [0.2, 0.25) is 0 Å². The van der Waals surface area contributed by atoms with E-state index in [1.807, 2.05) is 0 Å². The Morgan fingerprint density at radius 1 is 0.842 bits per heavy atom. The van der Waals surface area contributed by atoms with E-state index in [4.69, 9.17) is 11.6 Å². The van der Waals surface area contributed by atoms with Crippen LogP contribution in [0.25, 0.3) is 0 Å². The summed E-state index contributed by atoms with van der Waals surface area (Å²) in [4.78, 5) is 0. The molecule has 1 unspecified atom stereocenters. The van der Waals surface area contributed by atoms with Crippen LogP contribution in [0.1, 0.15) is 16.5 Å². The molecule has 100 valence electrons. The Labute approximate surface area is 120 Å². The van der Waals surface area contributed by atoms with Crippen LogP contribution in [0.15, 0.2) is 34.8 Å². The van der Waals surface area contributed by atoms with Gasteiger partial charge in [-0.3, -0.25) is 0 Å². The summed E-state index contributed by atoms with van der Waals surface area (Å²) >= 11 is 8.88. The molecule has 0 N–H and O–H groups in total. The Kier molecular flexibility index (Phi) is 4.16. The second-order valence-corrected chi connectivity index (χ2v) is 5.17. The summed E-state index contributed by atoms with van der Waals surface area (Å²) in [5, 5.41) is -1.25. The highest BCUT2D eigenvalue weighted by atomic mass is 79.9. The van der Waals surface area contributed by atoms with Crippen molar-refractivity contribution in [2.24, 2.45) is 0 Å². The van der Waals surface area contributed by atoms with Gasteiger partial charge in [-0.1, -0.05) is 22.0 Å². The molecule has 0 amide bonds. The number of benzene rings is 2. The maximum absolute atomic E-state index is 13.7. The molecule has 0 aromatic heterocycles. The fraction of sp³-hybridized carbons (Fsp3) is 0.0769. The van der Waals surface area contributed by atoms with Crippen molar-refractivity contribution in [3.8, 4) is 0 Å². The topological polar surface area (TPSA) is 0 Å². The van der Waals surface area contributed by atoms with E-state index in [1.165, 1.54) is 6.07 Å². The van der Waals surface area contributed by atoms with Crippen molar-refractivity contribution in [1.82, 2.24) is 0 Å². The second kappa shape index (κ2) is 5.51. The summed E-state index contributed by atoms with van der Waals surface area (Å²) in [6.45, 7) is 0. The summed E-state index contributed by atoms with van der Waals surface area (Å²) in [6, 6.07) is 4.95. The first kappa shape index (κ1) is 14.3. The van der Waals surface area contributed by atoms with Crippen molar-refractivity contribution in [1.29, 1.82) is 0 Å². The Morgan fingerprint density at radius 2 is 1.42 bits per heavy atom. The van der Waals surface area contributed by atoms with Crippen LogP contribution in [-0.4, -0.2) is 0 Å². The molecular formula is C13H6BrClF4. The Balaban J connectivity index is 2.49. The van der Waals surface area contributed by atoms with Crippen molar-refractivity contribution in [2.45, 2.75) is 5.38 Å². The van der Waals surface area contributed by atoms with Crippen molar-refractivity contribution in [2.75, 3.05) is 0 Å². The minimum Gasteiger partial charge on any atom is -0.206 e. The van der Waals surface area contributed by atoms with Gasteiger partial charge >= 0.3 is 0 Å². The van der Waals surface area contributed by atoms with Crippen LogP contribution >= 0.6 is 27.5 Å². The van der Waals surface area contributed by atoms with E-state index in [-0.39, 0.29) is 10.0 Å². The van der Waals surface area contributed by atoms with E-state index in [1.54, 1.807) is 0 Å². The van der Waals surface area contributed by atoms with Gasteiger partial charge in [0.1, 0.15) is 11.6 Å². The molecule has 0 aliphatic rings. The van der Waals surface area contributed by atoms with E-state index in [2.05, 4.69) is 15.9 Å². The summed E-state index contributed by atoms with van der Waals surface area (Å²) in [5.74, 6) is -3.90. The number of hydrogen-bond acceptors (Lipinski definition) is 0. The largest absolute Gasteiger partial charge is 0.206 e. The highest BCUT2D eigenvalue weighted by molar-refractivity contribution is 9.10. The van der Waals surface area contributed by atoms with Crippen LogP contribution in [-0.2, 0) is 0 Å². The zero-order chi connectivity index (χ0) is 14.2. The van der Waals surface area contributed by atoms with Crippen molar-refractivity contribution in [3.63, 3.8) is 0 Å². The average Bonchev–Trinajstić information content (AvgIpc) is 2.31. The Hall–Kier alpha value is -1.07. The van der Waals surface area contributed by atoms with Gasteiger partial charge in [0.05, 0.1) is 5.38 Å². The van der Waals surface area contributed by atoms with Gasteiger partial charge in [0.25, 0.3) is 0 Å². The molecule has 0 heterocycles. The molecule has 0 radical (unpaired) electrons. The highest BCUT2D eigenvalue weighted by Gasteiger charge is 2.21. The van der Waals surface area contributed by atoms with Gasteiger partial charge in [-0.05, 0) is 29.8 Å². The fourth-order valence-electron chi connectivity index (χ4n) is 1.63. The van der Waals surface area contributed by atoms with E-state index in [9.17, 15) is 17.6 Å². The van der Waals surface area contributed by atoms with E-state index in [0.29, 0.717) is 0 Å². The van der Waals surface area contributed by atoms with Crippen molar-refractivity contribution < 1.29 is 17.6 Å². The summed E-state index contributed by atoms with van der Waals surface area (Å²) in [5.41, 5.74) is -0.337. The van der Waals surface area contributed by atoms with Crippen LogP contribution in [0.4, 0.5) is 17.6 Å². The zero-order valence-electron chi connectivity index (χ0n) is 9.23. The van der Waals surface area contributed by atoms with Crippen LogP contribution in [0.5, 0.6) is 0 Å². The highest BCUT2D eigenvalue weighted by Crippen LogP contribution is 2.34. The summed E-state index contributed by atoms with van der Waals surface area (Å²) in [6.07, 6.45) is 0. The molecule has 0 aliphatic heterocycles. The summed E-state index contributed by atoms with van der Waals surface area (Å²) < 4.78 is 53.5.